The highest BCUT2D eigenvalue weighted by molar-refractivity contribution is 5.79. The fourth-order valence-electron chi connectivity index (χ4n) is 1.00. The van der Waals surface area contributed by atoms with Gasteiger partial charge in [0.1, 0.15) is 5.75 Å². The molecule has 1 aromatic heterocycles. The Labute approximate surface area is 77.2 Å². The molecule has 0 aromatic carbocycles. The second-order valence-electron chi connectivity index (χ2n) is 2.62. The van der Waals surface area contributed by atoms with Gasteiger partial charge in [0.2, 0.25) is 0 Å². The van der Waals surface area contributed by atoms with Gasteiger partial charge in [-0.1, -0.05) is 0 Å². The molecule has 0 spiro atoms. The summed E-state index contributed by atoms with van der Waals surface area (Å²) in [5.74, 6) is 0.884. The van der Waals surface area contributed by atoms with Crippen LogP contribution in [0.3, 0.4) is 0 Å². The smallest absolute Gasteiger partial charge is 0.122 e. The average molecular weight is 179 g/mol. The zero-order valence-corrected chi connectivity index (χ0v) is 7.58. The Morgan fingerprint density at radius 3 is 3.08 bits per heavy atom. The summed E-state index contributed by atoms with van der Waals surface area (Å²) in [5.41, 5.74) is 6.01. The Bertz CT molecular complexity index is 299. The van der Waals surface area contributed by atoms with Crippen LogP contribution in [0.15, 0.2) is 18.3 Å². The highest BCUT2D eigenvalue weighted by atomic mass is 16.5. The normalized spacial score (nSPS) is 9.62. The van der Waals surface area contributed by atoms with Crippen LogP contribution in [0.25, 0.3) is 0 Å². The lowest BCUT2D eigenvalue weighted by Crippen LogP contribution is -2.13. The molecule has 0 aliphatic rings. The Balaban J connectivity index is 2.73. The fourth-order valence-corrected chi connectivity index (χ4v) is 1.00. The monoisotopic (exact) mass is 179 g/mol. The number of ether oxygens (including phenoxy) is 1. The van der Waals surface area contributed by atoms with E-state index in [0.717, 1.165) is 11.4 Å². The SMILES string of the molecule is CCOc1ccnc(CC(=N)N)c1. The number of nitrogens with two attached hydrogens (primary N) is 1. The third-order valence-corrected chi connectivity index (χ3v) is 1.47. The van der Waals surface area contributed by atoms with Gasteiger partial charge in [0.05, 0.1) is 18.1 Å². The molecule has 0 fully saturated rings. The topological polar surface area (TPSA) is 72.0 Å². The third kappa shape index (κ3) is 3.11. The number of aromatic nitrogens is 1. The lowest BCUT2D eigenvalue weighted by Gasteiger charge is -2.04. The number of hydrogen-bond acceptors (Lipinski definition) is 3. The molecular weight excluding hydrogens is 166 g/mol. The highest BCUT2D eigenvalue weighted by Gasteiger charge is 1.98. The van der Waals surface area contributed by atoms with Crippen molar-refractivity contribution >= 4 is 5.84 Å². The first-order valence-corrected chi connectivity index (χ1v) is 4.13. The summed E-state index contributed by atoms with van der Waals surface area (Å²) in [6.45, 7) is 2.55. The molecule has 1 heterocycles. The molecule has 0 saturated heterocycles. The van der Waals surface area contributed by atoms with Crippen LogP contribution in [-0.4, -0.2) is 17.4 Å². The molecule has 4 heteroatoms. The summed E-state index contributed by atoms with van der Waals surface area (Å²) < 4.78 is 5.28. The first kappa shape index (κ1) is 9.51. The Hall–Kier alpha value is -1.58. The van der Waals surface area contributed by atoms with E-state index < -0.39 is 0 Å². The van der Waals surface area contributed by atoms with Gasteiger partial charge >= 0.3 is 0 Å². The zero-order chi connectivity index (χ0) is 9.68. The molecule has 0 atom stereocenters. The predicted octanol–water partition coefficient (Wildman–Crippen LogP) is 0.959. The number of amidine groups is 1. The van der Waals surface area contributed by atoms with Crippen molar-refractivity contribution in [2.75, 3.05) is 6.61 Å². The lowest BCUT2D eigenvalue weighted by molar-refractivity contribution is 0.339. The maximum atomic E-state index is 7.10. The standard InChI is InChI=1S/C9H13N3O/c1-2-13-8-3-4-12-7(5-8)6-9(10)11/h3-5H,2,6H2,1H3,(H3,10,11). The van der Waals surface area contributed by atoms with Crippen molar-refractivity contribution < 1.29 is 4.74 Å². The van der Waals surface area contributed by atoms with Crippen molar-refractivity contribution in [2.24, 2.45) is 5.73 Å². The predicted molar refractivity (Wildman–Crippen MR) is 51.0 cm³/mol. The largest absolute Gasteiger partial charge is 0.494 e. The van der Waals surface area contributed by atoms with Crippen LogP contribution < -0.4 is 10.5 Å². The molecule has 0 saturated carbocycles. The first-order valence-electron chi connectivity index (χ1n) is 4.13. The summed E-state index contributed by atoms with van der Waals surface area (Å²) in [6.07, 6.45) is 2.03. The van der Waals surface area contributed by atoms with Crippen molar-refractivity contribution in [1.29, 1.82) is 5.41 Å². The van der Waals surface area contributed by atoms with Crippen LogP contribution in [0.2, 0.25) is 0 Å². The average Bonchev–Trinajstić information content (AvgIpc) is 2.04. The van der Waals surface area contributed by atoms with E-state index in [0.29, 0.717) is 13.0 Å². The van der Waals surface area contributed by atoms with E-state index in [2.05, 4.69) is 4.98 Å². The third-order valence-electron chi connectivity index (χ3n) is 1.47. The zero-order valence-electron chi connectivity index (χ0n) is 7.58. The molecular formula is C9H13N3O. The van der Waals surface area contributed by atoms with E-state index in [1.807, 2.05) is 6.92 Å². The molecule has 0 aliphatic heterocycles. The minimum Gasteiger partial charge on any atom is -0.494 e. The Morgan fingerprint density at radius 1 is 1.69 bits per heavy atom. The number of nitrogens with zero attached hydrogens (tertiary/aromatic N) is 1. The number of nitrogens with one attached hydrogen (secondary N) is 1. The van der Waals surface area contributed by atoms with Crippen LogP contribution in [0, 0.1) is 5.41 Å². The van der Waals surface area contributed by atoms with Gasteiger partial charge < -0.3 is 10.5 Å². The van der Waals surface area contributed by atoms with E-state index in [-0.39, 0.29) is 5.84 Å². The number of rotatable bonds is 4. The summed E-state index contributed by atoms with van der Waals surface area (Å²) in [6, 6.07) is 3.58. The molecule has 13 heavy (non-hydrogen) atoms. The molecule has 0 aliphatic carbocycles. The molecule has 0 unspecified atom stereocenters. The van der Waals surface area contributed by atoms with Crippen LogP contribution in [0.5, 0.6) is 5.75 Å². The van der Waals surface area contributed by atoms with Crippen molar-refractivity contribution in [3.8, 4) is 5.75 Å². The van der Waals surface area contributed by atoms with E-state index >= 15 is 0 Å². The molecule has 0 amide bonds. The van der Waals surface area contributed by atoms with Gasteiger partial charge in [-0.15, -0.1) is 0 Å². The van der Waals surface area contributed by atoms with Gasteiger partial charge in [-0.25, -0.2) is 0 Å². The van der Waals surface area contributed by atoms with Crippen molar-refractivity contribution in [1.82, 2.24) is 4.98 Å². The van der Waals surface area contributed by atoms with Crippen LogP contribution in [0.4, 0.5) is 0 Å². The van der Waals surface area contributed by atoms with Crippen LogP contribution in [-0.2, 0) is 6.42 Å². The minimum absolute atomic E-state index is 0.112. The van der Waals surface area contributed by atoms with E-state index in [1.165, 1.54) is 0 Å². The molecule has 0 bridgehead atoms. The molecule has 70 valence electrons. The fraction of sp³-hybridized carbons (Fsp3) is 0.333. The second-order valence-corrected chi connectivity index (χ2v) is 2.62. The summed E-state index contributed by atoms with van der Waals surface area (Å²) >= 11 is 0. The van der Waals surface area contributed by atoms with E-state index in [1.54, 1.807) is 18.3 Å². The molecule has 0 radical (unpaired) electrons. The summed E-state index contributed by atoms with van der Waals surface area (Å²) in [5, 5.41) is 7.10. The first-order chi connectivity index (χ1) is 6.22. The highest BCUT2D eigenvalue weighted by Crippen LogP contribution is 2.10. The summed E-state index contributed by atoms with van der Waals surface area (Å²) in [4.78, 5) is 4.06. The number of pyridine rings is 1. The van der Waals surface area contributed by atoms with Gasteiger partial charge in [0.25, 0.3) is 0 Å². The minimum atomic E-state index is 0.112. The van der Waals surface area contributed by atoms with E-state index in [4.69, 9.17) is 15.9 Å². The van der Waals surface area contributed by atoms with Gasteiger partial charge in [-0.05, 0) is 13.0 Å². The second kappa shape index (κ2) is 4.45. The van der Waals surface area contributed by atoms with E-state index in [9.17, 15) is 0 Å². The van der Waals surface area contributed by atoms with Crippen LogP contribution >= 0.6 is 0 Å². The van der Waals surface area contributed by atoms with Gasteiger partial charge in [-0.3, -0.25) is 10.4 Å². The molecule has 1 aromatic rings. The van der Waals surface area contributed by atoms with Crippen molar-refractivity contribution in [2.45, 2.75) is 13.3 Å². The lowest BCUT2D eigenvalue weighted by atomic mass is 10.2. The molecule has 1 rings (SSSR count). The quantitative estimate of drug-likeness (QED) is 0.534. The molecule has 4 nitrogen and oxygen atoms in total. The van der Waals surface area contributed by atoms with Crippen molar-refractivity contribution in [3.63, 3.8) is 0 Å². The number of hydrogen-bond donors (Lipinski definition) is 2. The maximum Gasteiger partial charge on any atom is 0.122 e. The Kier molecular flexibility index (Phi) is 3.25. The summed E-state index contributed by atoms with van der Waals surface area (Å²) in [7, 11) is 0. The Morgan fingerprint density at radius 2 is 2.46 bits per heavy atom. The molecule has 3 N–H and O–H groups in total. The van der Waals surface area contributed by atoms with Crippen LogP contribution in [0.1, 0.15) is 12.6 Å². The van der Waals surface area contributed by atoms with Gasteiger partial charge in [0.15, 0.2) is 0 Å². The van der Waals surface area contributed by atoms with Gasteiger partial charge in [0, 0.05) is 18.7 Å². The van der Waals surface area contributed by atoms with Gasteiger partial charge in [-0.2, -0.15) is 0 Å². The maximum absolute atomic E-state index is 7.10. The van der Waals surface area contributed by atoms with Crippen molar-refractivity contribution in [3.05, 3.63) is 24.0 Å².